The molecule has 1 saturated heterocycles. The molecule has 1 amide bonds. The number of nitrogen functional groups attached to an aromatic ring is 1. The molecule has 3 N–H and O–H groups in total. The van der Waals surface area contributed by atoms with Crippen LogP contribution in [0.3, 0.4) is 0 Å². The van der Waals surface area contributed by atoms with Crippen LogP contribution < -0.4 is 10.5 Å². The number of rotatable bonds is 5. The highest BCUT2D eigenvalue weighted by atomic mass is 16.5. The zero-order valence-electron chi connectivity index (χ0n) is 18.4. The second-order valence-electron chi connectivity index (χ2n) is 8.09. The fourth-order valence-corrected chi connectivity index (χ4v) is 4.28. The number of nitrogens with zero attached hydrogens (tertiary/aromatic N) is 5. The SMILES string of the molecule is Nc1ncnc2c1c(-c1ccc(Oc3ccccc3)cc1)nn2[C@@H]1CCCN(C(=O)/C=C/O)C1. The quantitative estimate of drug-likeness (QED) is 0.343. The molecule has 9 nitrogen and oxygen atoms in total. The molecule has 0 aliphatic carbocycles. The predicted octanol–water partition coefficient (Wildman–Crippen LogP) is 4.10. The molecule has 9 heteroatoms. The predicted molar refractivity (Wildman–Crippen MR) is 128 cm³/mol. The number of aromatic nitrogens is 4. The number of nitrogens with two attached hydrogens (primary N) is 1. The molecule has 172 valence electrons. The topological polar surface area (TPSA) is 119 Å². The molecule has 0 unspecified atom stereocenters. The Morgan fingerprint density at radius 2 is 1.85 bits per heavy atom. The highest BCUT2D eigenvalue weighted by molar-refractivity contribution is 5.98. The van der Waals surface area contributed by atoms with Crippen molar-refractivity contribution in [3.05, 3.63) is 73.3 Å². The van der Waals surface area contributed by atoms with Crippen LogP contribution in [-0.4, -0.2) is 48.8 Å². The van der Waals surface area contributed by atoms with Crippen molar-refractivity contribution in [2.24, 2.45) is 0 Å². The lowest BCUT2D eigenvalue weighted by atomic mass is 10.1. The van der Waals surface area contributed by atoms with Crippen LogP contribution >= 0.6 is 0 Å². The zero-order valence-corrected chi connectivity index (χ0v) is 18.4. The summed E-state index contributed by atoms with van der Waals surface area (Å²) in [5.74, 6) is 1.59. The Morgan fingerprint density at radius 3 is 2.62 bits per heavy atom. The van der Waals surface area contributed by atoms with E-state index >= 15 is 0 Å². The van der Waals surface area contributed by atoms with Crippen molar-refractivity contribution in [1.29, 1.82) is 0 Å². The number of aliphatic hydroxyl groups excluding tert-OH is 1. The number of carbonyl (C=O) groups excluding carboxylic acids is 1. The van der Waals surface area contributed by atoms with Crippen LogP contribution in [0.5, 0.6) is 11.5 Å². The van der Waals surface area contributed by atoms with E-state index in [1.807, 2.05) is 59.3 Å². The maximum Gasteiger partial charge on any atom is 0.249 e. The van der Waals surface area contributed by atoms with Gasteiger partial charge in [-0.25, -0.2) is 14.6 Å². The number of ether oxygens (including phenoxy) is 1. The summed E-state index contributed by atoms with van der Waals surface area (Å²) in [4.78, 5) is 22.6. The first-order valence-corrected chi connectivity index (χ1v) is 11.1. The molecule has 0 radical (unpaired) electrons. The van der Waals surface area contributed by atoms with Crippen molar-refractivity contribution in [3.63, 3.8) is 0 Å². The van der Waals surface area contributed by atoms with E-state index in [4.69, 9.17) is 20.7 Å². The van der Waals surface area contributed by atoms with E-state index in [-0.39, 0.29) is 11.9 Å². The number of piperidine rings is 1. The van der Waals surface area contributed by atoms with E-state index in [1.165, 1.54) is 6.33 Å². The van der Waals surface area contributed by atoms with Gasteiger partial charge in [0.05, 0.1) is 17.7 Å². The van der Waals surface area contributed by atoms with Crippen LogP contribution in [0.2, 0.25) is 0 Å². The monoisotopic (exact) mass is 456 g/mol. The molecule has 0 bridgehead atoms. The van der Waals surface area contributed by atoms with Gasteiger partial charge in [-0.2, -0.15) is 5.10 Å². The molecule has 0 spiro atoms. The number of hydrogen-bond donors (Lipinski definition) is 2. The standard InChI is InChI=1S/C25H24N6O3/c26-24-22-23(17-8-10-20(11-9-17)34-19-6-2-1-3-7-19)29-31(25(22)28-16-27-24)18-5-4-13-30(15-18)21(33)12-14-32/h1-3,6-12,14,16,18,32H,4-5,13,15H2,(H2,26,27,28)/b14-12+/t18-/m1/s1. The van der Waals surface area contributed by atoms with Gasteiger partial charge in [-0.3, -0.25) is 4.79 Å². The van der Waals surface area contributed by atoms with E-state index in [2.05, 4.69) is 9.97 Å². The Bertz CT molecular complexity index is 1330. The van der Waals surface area contributed by atoms with Crippen LogP contribution in [-0.2, 0) is 4.79 Å². The molecule has 1 aliphatic heterocycles. The lowest BCUT2D eigenvalue weighted by Crippen LogP contribution is -2.40. The van der Waals surface area contributed by atoms with Crippen molar-refractivity contribution in [3.8, 4) is 22.8 Å². The molecule has 5 rings (SSSR count). The van der Waals surface area contributed by atoms with Crippen molar-refractivity contribution in [2.75, 3.05) is 18.8 Å². The van der Waals surface area contributed by atoms with Gasteiger partial charge in [0, 0.05) is 24.7 Å². The lowest BCUT2D eigenvalue weighted by Gasteiger charge is -2.32. The first kappa shape index (κ1) is 21.4. The summed E-state index contributed by atoms with van der Waals surface area (Å²) >= 11 is 0. The number of anilines is 1. The van der Waals surface area contributed by atoms with Crippen LogP contribution in [0.1, 0.15) is 18.9 Å². The lowest BCUT2D eigenvalue weighted by molar-refractivity contribution is -0.127. The van der Waals surface area contributed by atoms with Crippen molar-refractivity contribution in [1.82, 2.24) is 24.6 Å². The van der Waals surface area contributed by atoms with Crippen LogP contribution in [0.25, 0.3) is 22.3 Å². The number of amides is 1. The van der Waals surface area contributed by atoms with Crippen LogP contribution in [0.4, 0.5) is 5.82 Å². The zero-order chi connectivity index (χ0) is 23.5. The minimum atomic E-state index is -0.230. The highest BCUT2D eigenvalue weighted by Crippen LogP contribution is 2.34. The van der Waals surface area contributed by atoms with E-state index in [0.29, 0.717) is 41.4 Å². The number of para-hydroxylation sites is 1. The number of likely N-dealkylation sites (tertiary alicyclic amines) is 1. The van der Waals surface area contributed by atoms with Gasteiger partial charge in [-0.15, -0.1) is 0 Å². The van der Waals surface area contributed by atoms with Gasteiger partial charge in [0.1, 0.15) is 29.3 Å². The van der Waals surface area contributed by atoms with E-state index in [1.54, 1.807) is 4.90 Å². The van der Waals surface area contributed by atoms with Gasteiger partial charge < -0.3 is 20.5 Å². The summed E-state index contributed by atoms with van der Waals surface area (Å²) in [7, 11) is 0. The third kappa shape index (κ3) is 4.15. The third-order valence-corrected chi connectivity index (χ3v) is 5.90. The summed E-state index contributed by atoms with van der Waals surface area (Å²) in [6.45, 7) is 1.10. The molecular weight excluding hydrogens is 432 g/mol. The molecule has 4 aromatic rings. The number of benzene rings is 2. The summed E-state index contributed by atoms with van der Waals surface area (Å²) in [5.41, 5.74) is 8.42. The smallest absolute Gasteiger partial charge is 0.249 e. The molecule has 2 aromatic heterocycles. The van der Waals surface area contributed by atoms with E-state index < -0.39 is 0 Å². The fraction of sp³-hybridized carbons (Fsp3) is 0.200. The molecule has 3 heterocycles. The van der Waals surface area contributed by atoms with Crippen molar-refractivity contribution in [2.45, 2.75) is 18.9 Å². The van der Waals surface area contributed by atoms with Gasteiger partial charge >= 0.3 is 0 Å². The Morgan fingerprint density at radius 1 is 1.09 bits per heavy atom. The molecule has 2 aromatic carbocycles. The summed E-state index contributed by atoms with van der Waals surface area (Å²) in [5, 5.41) is 14.5. The average Bonchev–Trinajstić information content (AvgIpc) is 3.26. The summed E-state index contributed by atoms with van der Waals surface area (Å²) in [6, 6.07) is 17.1. The number of hydrogen-bond acceptors (Lipinski definition) is 7. The van der Waals surface area contributed by atoms with Gasteiger partial charge in [0.2, 0.25) is 5.91 Å². The summed E-state index contributed by atoms with van der Waals surface area (Å²) < 4.78 is 7.75. The summed E-state index contributed by atoms with van der Waals surface area (Å²) in [6.07, 6.45) is 5.02. The first-order chi connectivity index (χ1) is 16.6. The van der Waals surface area contributed by atoms with Gasteiger partial charge in [-0.1, -0.05) is 18.2 Å². The van der Waals surface area contributed by atoms with Crippen molar-refractivity contribution < 1.29 is 14.6 Å². The number of carbonyl (C=O) groups is 1. The first-order valence-electron chi connectivity index (χ1n) is 11.1. The minimum Gasteiger partial charge on any atom is -0.515 e. The fourth-order valence-electron chi connectivity index (χ4n) is 4.28. The van der Waals surface area contributed by atoms with Gasteiger partial charge in [-0.05, 0) is 49.2 Å². The maximum atomic E-state index is 12.3. The second kappa shape index (κ2) is 9.22. The normalized spacial score (nSPS) is 16.2. The Hall–Kier alpha value is -4.40. The molecule has 1 aliphatic rings. The molecule has 1 fully saturated rings. The largest absolute Gasteiger partial charge is 0.515 e. The average molecular weight is 457 g/mol. The molecule has 1 atom stereocenters. The van der Waals surface area contributed by atoms with Crippen LogP contribution in [0, 0.1) is 0 Å². The number of fused-ring (bicyclic) bond motifs is 1. The Labute approximate surface area is 196 Å². The van der Waals surface area contributed by atoms with Gasteiger partial charge in [0.25, 0.3) is 0 Å². The third-order valence-electron chi connectivity index (χ3n) is 5.90. The Balaban J connectivity index is 1.49. The highest BCUT2D eigenvalue weighted by Gasteiger charge is 2.28. The number of aliphatic hydroxyl groups is 1. The van der Waals surface area contributed by atoms with E-state index in [0.717, 1.165) is 36.5 Å². The van der Waals surface area contributed by atoms with Crippen molar-refractivity contribution >= 4 is 22.8 Å². The minimum absolute atomic E-state index is 0.0731. The molecule has 34 heavy (non-hydrogen) atoms. The van der Waals surface area contributed by atoms with Crippen LogP contribution in [0.15, 0.2) is 73.3 Å². The molecule has 0 saturated carbocycles. The maximum absolute atomic E-state index is 12.3. The van der Waals surface area contributed by atoms with Gasteiger partial charge in [0.15, 0.2) is 5.65 Å². The second-order valence-corrected chi connectivity index (χ2v) is 8.09. The molecular formula is C25H24N6O3. The van der Waals surface area contributed by atoms with E-state index in [9.17, 15) is 4.79 Å². The Kier molecular flexibility index (Phi) is 5.82.